The van der Waals surface area contributed by atoms with E-state index in [1.54, 1.807) is 91.1 Å². The molecule has 0 spiro atoms. The van der Waals surface area contributed by atoms with Crippen LogP contribution in [0.4, 0.5) is 15.5 Å². The molecule has 4 aromatic heterocycles. The van der Waals surface area contributed by atoms with Crippen LogP contribution >= 0.6 is 34.8 Å². The van der Waals surface area contributed by atoms with Crippen LogP contribution in [0.1, 0.15) is 62.5 Å². The summed E-state index contributed by atoms with van der Waals surface area (Å²) in [5, 5.41) is 11.4. The number of hydrogen-bond donors (Lipinski definition) is 4. The normalized spacial score (nSPS) is 16.7. The smallest absolute Gasteiger partial charge is 0.407 e. The van der Waals surface area contributed by atoms with E-state index in [1.165, 1.54) is 39.4 Å². The number of amides is 2. The van der Waals surface area contributed by atoms with Gasteiger partial charge in [0.2, 0.25) is 11.2 Å². The number of alkyl carbamates (subject to hydrolysis) is 2. The predicted molar refractivity (Wildman–Crippen MR) is 343 cm³/mol. The third kappa shape index (κ3) is 16.4. The molecule has 89 heavy (non-hydrogen) atoms. The average Bonchev–Trinajstić information content (AvgIpc) is 1.65. The molecule has 24 heteroatoms. The Balaban J connectivity index is 0.000000161. The summed E-state index contributed by atoms with van der Waals surface area (Å²) in [5.74, 6) is 1.07. The van der Waals surface area contributed by atoms with Crippen LogP contribution in [-0.2, 0) is 42.7 Å². The molecule has 2 amide bonds. The molecule has 10 aromatic rings. The Morgan fingerprint density at radius 2 is 0.966 bits per heavy atom. The van der Waals surface area contributed by atoms with E-state index in [2.05, 4.69) is 30.9 Å². The second kappa shape index (κ2) is 30.2. The van der Waals surface area contributed by atoms with Crippen LogP contribution < -0.4 is 41.4 Å². The Hall–Kier alpha value is -7.64. The maximum absolute atomic E-state index is 13.6. The van der Waals surface area contributed by atoms with Crippen molar-refractivity contribution in [1.82, 2.24) is 38.5 Å². The number of anilines is 1. The van der Waals surface area contributed by atoms with Gasteiger partial charge in [0, 0.05) is 46.4 Å². The summed E-state index contributed by atoms with van der Waals surface area (Å²) in [7, 11) is -7.64. The second-order valence-electron chi connectivity index (χ2n) is 21.2. The number of aromatic nitrogens is 6. The van der Waals surface area contributed by atoms with Gasteiger partial charge >= 0.3 is 137 Å². The van der Waals surface area contributed by atoms with Crippen molar-refractivity contribution in [2.45, 2.75) is 92.5 Å². The Labute approximate surface area is 542 Å². The topological polar surface area (TPSA) is 244 Å². The molecule has 12 rings (SSSR count). The fourth-order valence-electron chi connectivity index (χ4n) is 10.8. The molecular formula is C65H63Cl3IN10O8S2-. The van der Waals surface area contributed by atoms with Crippen LogP contribution in [0.15, 0.2) is 204 Å². The van der Waals surface area contributed by atoms with Gasteiger partial charge in [-0.05, 0) is 79.2 Å². The number of alkyl halides is 1. The summed E-state index contributed by atoms with van der Waals surface area (Å²) in [4.78, 5) is 41.7. The van der Waals surface area contributed by atoms with E-state index in [0.717, 1.165) is 47.7 Å². The summed E-state index contributed by atoms with van der Waals surface area (Å²) in [6.07, 6.45) is 13.1. The summed E-state index contributed by atoms with van der Waals surface area (Å²) in [5.41, 5.74) is 4.93. The Morgan fingerprint density at radius 3 is 1.47 bits per heavy atom. The first-order valence-electron chi connectivity index (χ1n) is 28.7. The average molecular weight is 1410 g/mol. The quantitative estimate of drug-likeness (QED) is 0.0304. The molecular weight excluding hydrogens is 1350 g/mol. The van der Waals surface area contributed by atoms with Crippen molar-refractivity contribution in [2.24, 2.45) is 9.86 Å². The predicted octanol–water partition coefficient (Wildman–Crippen LogP) is 10.7. The Bertz CT molecular complexity index is 4270. The van der Waals surface area contributed by atoms with Gasteiger partial charge in [0.15, 0.2) is 0 Å². The van der Waals surface area contributed by atoms with Gasteiger partial charge in [0.1, 0.15) is 6.61 Å². The van der Waals surface area contributed by atoms with Crippen molar-refractivity contribution < 1.29 is 57.4 Å². The van der Waals surface area contributed by atoms with Gasteiger partial charge in [0.25, 0.3) is 20.0 Å². The van der Waals surface area contributed by atoms with Gasteiger partial charge in [-0.15, -0.1) is 0 Å². The Morgan fingerprint density at radius 1 is 0.539 bits per heavy atom. The number of ether oxygens (including phenoxy) is 2. The number of hydrogen-bond acceptors (Lipinski definition) is 14. The zero-order chi connectivity index (χ0) is 62.3. The van der Waals surface area contributed by atoms with Crippen molar-refractivity contribution >= 4 is 94.8 Å². The minimum atomic E-state index is -3.86. The third-order valence-corrected chi connectivity index (χ3v) is 21.0. The number of para-hydroxylation sites is 2. The zero-order valence-electron chi connectivity index (χ0n) is 47.9. The van der Waals surface area contributed by atoms with Crippen LogP contribution in [0.25, 0.3) is 44.3 Å². The van der Waals surface area contributed by atoms with Crippen LogP contribution in [0, 0.1) is 5.92 Å². The van der Waals surface area contributed by atoms with Gasteiger partial charge in [-0.1, -0.05) is 126 Å². The zero-order valence-corrected chi connectivity index (χ0v) is 54.0. The van der Waals surface area contributed by atoms with E-state index in [9.17, 15) is 26.4 Å². The minimum Gasteiger partial charge on any atom is -0.445 e. The van der Waals surface area contributed by atoms with E-state index in [0.29, 0.717) is 74.2 Å². The molecule has 1 unspecified atom stereocenters. The van der Waals surface area contributed by atoms with Crippen LogP contribution in [0.3, 0.4) is 0 Å². The molecule has 4 atom stereocenters. The van der Waals surface area contributed by atoms with E-state index in [-0.39, 0.29) is 72.4 Å². The van der Waals surface area contributed by atoms with Crippen molar-refractivity contribution in [1.29, 1.82) is 0 Å². The molecule has 5 N–H and O–H groups in total. The maximum atomic E-state index is 13.6. The van der Waals surface area contributed by atoms with Crippen molar-refractivity contribution in [3.05, 3.63) is 221 Å². The van der Waals surface area contributed by atoms with Gasteiger partial charge in [-0.3, -0.25) is 0 Å². The first kappa shape index (κ1) is 64.3. The van der Waals surface area contributed by atoms with Crippen molar-refractivity contribution in [3.8, 4) is 22.5 Å². The van der Waals surface area contributed by atoms with Gasteiger partial charge < -0.3 is 15.4 Å². The van der Waals surface area contributed by atoms with E-state index >= 15 is 0 Å². The molecule has 2 fully saturated rings. The van der Waals surface area contributed by atoms with Crippen molar-refractivity contribution in [3.63, 3.8) is 0 Å². The summed E-state index contributed by atoms with van der Waals surface area (Å²) in [6, 6.07) is 50.4. The first-order chi connectivity index (χ1) is 43.1. The number of nitrogens with zero attached hydrogens (tertiary/aromatic N) is 6. The number of nitrogens with one attached hydrogen (secondary N) is 3. The fraction of sp³-hybridized carbons (Fsp3) is 0.231. The summed E-state index contributed by atoms with van der Waals surface area (Å²) >= 11 is 18.6. The van der Waals surface area contributed by atoms with E-state index in [4.69, 9.17) is 53.2 Å². The molecule has 0 bridgehead atoms. The van der Waals surface area contributed by atoms with Crippen molar-refractivity contribution in [2.75, 3.05) is 9.74 Å². The molecule has 0 aliphatic heterocycles. The molecule has 2 aliphatic rings. The molecule has 6 aromatic carbocycles. The Kier molecular flexibility index (Phi) is 21.9. The minimum absolute atomic E-state index is 0.0157. The van der Waals surface area contributed by atoms with Gasteiger partial charge in [-0.2, -0.15) is 0 Å². The largest absolute Gasteiger partial charge is 0.445 e. The molecule has 462 valence electrons. The summed E-state index contributed by atoms with van der Waals surface area (Å²) < 4.78 is 73.4. The first-order valence-corrected chi connectivity index (χ1v) is 35.4. The monoisotopic (exact) mass is 1410 g/mol. The van der Waals surface area contributed by atoms with Crippen LogP contribution in [-0.4, -0.2) is 79.5 Å². The van der Waals surface area contributed by atoms with Gasteiger partial charge in [0.05, 0.1) is 54.7 Å². The number of benzene rings is 6. The summed E-state index contributed by atoms with van der Waals surface area (Å²) in [6.45, 7) is 0.544. The standard InChI is InChI=1S/C32H30ClN5O4S.C18H11Cl2N3O2S.C15H22IN2O2/c33-28-19-34-31(35-23-12-9-13-24(18-23)36-32(39)42-21-22-10-3-1-4-11-22)37-30(28)27-20-38(29-17-8-7-16-26(27)29)43(40,41)25-14-5-2-6-15-25;19-15-10-21-18(20)22-17(15)14-11-23(16-9-5-4-8-13(14)16)26(24,25)12-6-2-1-3-7-12;17-16-10-13-7-4-8-14(9-13)18-15(19)20-11-12-5-2-1-3-6-12/h1-8,10-11,14-17,19-20,23-24H,9,12-13,18,21H2,(H,36,39)(H,34,35,37);1-11H;1-3,5-6,13-14H,4,7-11,17H2,(H,18,19)/q;;-1/t23-,24+;;13?,14-/m1.0/s1. The van der Waals surface area contributed by atoms with E-state index in [1.807, 2.05) is 84.9 Å². The number of fused-ring (bicyclic) bond motifs is 2. The fourth-order valence-corrected chi connectivity index (χ4v) is 15.7. The maximum Gasteiger partial charge on any atom is 0.407 e. The second-order valence-corrected chi connectivity index (χ2v) is 27.8. The van der Waals surface area contributed by atoms with E-state index < -0.39 is 26.1 Å². The molecule has 2 saturated carbocycles. The molecule has 4 heterocycles. The van der Waals surface area contributed by atoms with Crippen LogP contribution in [0.5, 0.6) is 0 Å². The third-order valence-electron chi connectivity index (χ3n) is 15.1. The molecule has 0 saturated heterocycles. The van der Waals surface area contributed by atoms with Crippen LogP contribution in [0.2, 0.25) is 15.3 Å². The molecule has 0 radical (unpaired) electrons. The SMILES string of the molecule is N[I-]CC1CCC[C@H](NC(=O)OCc2ccccc2)C1.O=C(N[C@H]1CCC[C@@H](Nc2ncc(Cl)c(-c3cn(S(=O)(=O)c4ccccc4)c4ccccc34)n2)C1)OCc1ccccc1.O=S(=O)(c1ccccc1)n1cc(-c2nc(Cl)ncc2Cl)c2ccccc21. The molecule has 18 nitrogen and oxygen atoms in total. The molecule has 2 aliphatic carbocycles. The number of carbonyl (C=O) groups is 2. The number of nitrogens with two attached hydrogens (primary N) is 1. The number of halogens is 4. The van der Waals surface area contributed by atoms with Gasteiger partial charge in [-0.25, -0.2) is 49.5 Å². The number of carbonyl (C=O) groups excluding carboxylic acids is 2. The number of rotatable bonds is 16.